The predicted molar refractivity (Wildman–Crippen MR) is 139 cm³/mol. The zero-order valence-electron chi connectivity index (χ0n) is 19.7. The number of hydrogen-bond donors (Lipinski definition) is 3. The molecule has 0 saturated carbocycles. The molecule has 0 aliphatic rings. The van der Waals surface area contributed by atoms with Gasteiger partial charge >= 0.3 is 0 Å². The topological polar surface area (TPSA) is 86.9 Å². The van der Waals surface area contributed by atoms with Gasteiger partial charge in [0.1, 0.15) is 5.82 Å². The lowest BCUT2D eigenvalue weighted by Crippen LogP contribution is -2.13. The zero-order chi connectivity index (χ0) is 24.3. The first-order chi connectivity index (χ1) is 16.2. The van der Waals surface area contributed by atoms with Crippen molar-refractivity contribution in [2.24, 2.45) is 0 Å². The Morgan fingerprint density at radius 3 is 2.50 bits per heavy atom. The molecule has 7 heteroatoms. The molecule has 4 aromatic rings. The number of thioether (sulfide) groups is 1. The van der Waals surface area contributed by atoms with Gasteiger partial charge in [-0.3, -0.25) is 9.59 Å². The van der Waals surface area contributed by atoms with E-state index in [4.69, 9.17) is 0 Å². The number of amides is 2. The number of H-pyrrole nitrogens is 1. The van der Waals surface area contributed by atoms with Crippen LogP contribution in [0.3, 0.4) is 0 Å². The van der Waals surface area contributed by atoms with E-state index >= 15 is 0 Å². The number of anilines is 2. The highest BCUT2D eigenvalue weighted by Crippen LogP contribution is 2.33. The van der Waals surface area contributed by atoms with Gasteiger partial charge in [-0.15, -0.1) is 11.8 Å². The Morgan fingerprint density at radius 1 is 1.03 bits per heavy atom. The Hall–Kier alpha value is -3.58. The van der Waals surface area contributed by atoms with Gasteiger partial charge < -0.3 is 15.6 Å². The van der Waals surface area contributed by atoms with Crippen molar-refractivity contribution < 1.29 is 9.59 Å². The number of nitrogens with zero attached hydrogens (tertiary/aromatic N) is 1. The minimum atomic E-state index is -0.155. The lowest BCUT2D eigenvalue weighted by Gasteiger charge is -2.19. The summed E-state index contributed by atoms with van der Waals surface area (Å²) in [6, 6.07) is 17.7. The SMILES string of the molecule is CC(=O)Nc1cc(CSc2cccc3[nH]cc(C(=O)Nc4ccc(C(C)(C)C)cc4)c23)ccn1. The number of hydrogen-bond acceptors (Lipinski definition) is 4. The minimum absolute atomic E-state index is 0.0587. The molecular formula is C27H28N4O2S. The van der Waals surface area contributed by atoms with Crippen LogP contribution < -0.4 is 10.6 Å². The van der Waals surface area contributed by atoms with Crippen molar-refractivity contribution in [3.8, 4) is 0 Å². The van der Waals surface area contributed by atoms with Crippen molar-refractivity contribution >= 4 is 46.0 Å². The van der Waals surface area contributed by atoms with E-state index in [1.165, 1.54) is 12.5 Å². The Balaban J connectivity index is 1.54. The molecule has 0 saturated heterocycles. The largest absolute Gasteiger partial charge is 0.360 e. The van der Waals surface area contributed by atoms with Gasteiger partial charge in [-0.1, -0.05) is 39.0 Å². The lowest BCUT2D eigenvalue weighted by atomic mass is 9.87. The summed E-state index contributed by atoms with van der Waals surface area (Å²) in [7, 11) is 0. The number of carbonyl (C=O) groups is 2. The molecule has 2 heterocycles. The van der Waals surface area contributed by atoms with Crippen LogP contribution >= 0.6 is 11.8 Å². The minimum Gasteiger partial charge on any atom is -0.360 e. The first kappa shape index (κ1) is 23.6. The molecule has 6 nitrogen and oxygen atoms in total. The molecule has 2 aromatic carbocycles. The van der Waals surface area contributed by atoms with Crippen LogP contribution in [0.2, 0.25) is 0 Å². The monoisotopic (exact) mass is 472 g/mol. The van der Waals surface area contributed by atoms with Crippen LogP contribution in [-0.4, -0.2) is 21.8 Å². The third-order valence-electron chi connectivity index (χ3n) is 5.44. The Bertz CT molecular complexity index is 1340. The van der Waals surface area contributed by atoms with Gasteiger partial charge in [-0.05, 0) is 52.9 Å². The highest BCUT2D eigenvalue weighted by atomic mass is 32.2. The summed E-state index contributed by atoms with van der Waals surface area (Å²) in [6.45, 7) is 7.95. The smallest absolute Gasteiger partial charge is 0.257 e. The van der Waals surface area contributed by atoms with Crippen molar-refractivity contribution in [3.05, 3.63) is 83.7 Å². The van der Waals surface area contributed by atoms with Crippen LogP contribution in [0.15, 0.2) is 71.9 Å². The summed E-state index contributed by atoms with van der Waals surface area (Å²) >= 11 is 1.64. The summed E-state index contributed by atoms with van der Waals surface area (Å²) in [6.07, 6.45) is 3.44. The molecule has 34 heavy (non-hydrogen) atoms. The standard InChI is InChI=1S/C27H28N4O2S/c1-17(32)30-24-14-18(12-13-28-24)16-34-23-7-5-6-22-25(23)21(15-29-22)26(33)31-20-10-8-19(9-11-20)27(2,3)4/h5-15,29H,16H2,1-4H3,(H,31,33)(H,28,30,32). The van der Waals surface area contributed by atoms with Gasteiger partial charge in [0.05, 0.1) is 5.56 Å². The van der Waals surface area contributed by atoms with Gasteiger partial charge in [-0.2, -0.15) is 0 Å². The van der Waals surface area contributed by atoms with Crippen molar-refractivity contribution in [2.45, 2.75) is 43.8 Å². The molecule has 2 aromatic heterocycles. The van der Waals surface area contributed by atoms with Crippen LogP contribution in [0.5, 0.6) is 0 Å². The molecule has 0 aliphatic carbocycles. The molecule has 4 rings (SSSR count). The van der Waals surface area contributed by atoms with E-state index < -0.39 is 0 Å². The summed E-state index contributed by atoms with van der Waals surface area (Å²) in [5.41, 5.74) is 4.58. The molecule has 0 unspecified atom stereocenters. The van der Waals surface area contributed by atoms with Crippen molar-refractivity contribution in [1.82, 2.24) is 9.97 Å². The van der Waals surface area contributed by atoms with E-state index in [9.17, 15) is 9.59 Å². The second kappa shape index (κ2) is 9.73. The van der Waals surface area contributed by atoms with Crippen LogP contribution in [0, 0.1) is 0 Å². The zero-order valence-corrected chi connectivity index (χ0v) is 20.5. The van der Waals surface area contributed by atoms with Gasteiger partial charge in [0.15, 0.2) is 0 Å². The lowest BCUT2D eigenvalue weighted by molar-refractivity contribution is -0.114. The number of carbonyl (C=O) groups excluding carboxylic acids is 2. The first-order valence-corrected chi connectivity index (χ1v) is 12.1. The number of aromatic amines is 1. The van der Waals surface area contributed by atoms with Crippen LogP contribution in [-0.2, 0) is 16.0 Å². The molecule has 0 fully saturated rings. The molecule has 0 spiro atoms. The molecule has 3 N–H and O–H groups in total. The number of aromatic nitrogens is 2. The normalized spacial score (nSPS) is 11.4. The highest BCUT2D eigenvalue weighted by molar-refractivity contribution is 7.98. The van der Waals surface area contributed by atoms with Crippen LogP contribution in [0.25, 0.3) is 10.9 Å². The van der Waals surface area contributed by atoms with E-state index in [1.54, 1.807) is 24.2 Å². The molecule has 174 valence electrons. The first-order valence-electron chi connectivity index (χ1n) is 11.1. The van der Waals surface area contributed by atoms with Crippen molar-refractivity contribution in [3.63, 3.8) is 0 Å². The van der Waals surface area contributed by atoms with Gasteiger partial charge in [0, 0.05) is 46.6 Å². The summed E-state index contributed by atoms with van der Waals surface area (Å²) in [4.78, 5) is 32.9. The maximum atomic E-state index is 13.2. The second-order valence-corrected chi connectivity index (χ2v) is 10.2. The number of rotatable bonds is 6. The van der Waals surface area contributed by atoms with E-state index in [2.05, 4.69) is 53.5 Å². The summed E-state index contributed by atoms with van der Waals surface area (Å²) in [5, 5.41) is 6.63. The molecule has 0 atom stereocenters. The maximum absolute atomic E-state index is 13.2. The number of nitrogens with one attached hydrogen (secondary N) is 3. The Kier molecular flexibility index (Phi) is 6.75. The number of benzene rings is 2. The van der Waals surface area contributed by atoms with Crippen LogP contribution in [0.4, 0.5) is 11.5 Å². The fraction of sp³-hybridized carbons (Fsp3) is 0.222. The quantitative estimate of drug-likeness (QED) is 0.285. The molecule has 2 amide bonds. The third-order valence-corrected chi connectivity index (χ3v) is 6.57. The van der Waals surface area contributed by atoms with Gasteiger partial charge in [0.2, 0.25) is 5.91 Å². The highest BCUT2D eigenvalue weighted by Gasteiger charge is 2.17. The molecule has 0 bridgehead atoms. The second-order valence-electron chi connectivity index (χ2n) is 9.18. The predicted octanol–water partition coefficient (Wildman–Crippen LogP) is 6.36. The molecule has 0 radical (unpaired) electrons. The average Bonchev–Trinajstić information content (AvgIpc) is 3.22. The van der Waals surface area contributed by atoms with E-state index in [0.717, 1.165) is 27.0 Å². The Morgan fingerprint density at radius 2 is 1.79 bits per heavy atom. The summed E-state index contributed by atoms with van der Waals surface area (Å²) in [5.74, 6) is 0.898. The fourth-order valence-electron chi connectivity index (χ4n) is 3.68. The Labute approximate surface area is 203 Å². The maximum Gasteiger partial charge on any atom is 0.257 e. The number of fused-ring (bicyclic) bond motifs is 1. The van der Waals surface area contributed by atoms with Crippen molar-refractivity contribution in [1.29, 1.82) is 0 Å². The average molecular weight is 473 g/mol. The van der Waals surface area contributed by atoms with E-state index in [1.807, 2.05) is 42.5 Å². The van der Waals surface area contributed by atoms with Gasteiger partial charge in [-0.25, -0.2) is 4.98 Å². The molecular weight excluding hydrogens is 444 g/mol. The third kappa shape index (κ3) is 5.48. The van der Waals surface area contributed by atoms with E-state index in [-0.39, 0.29) is 17.2 Å². The van der Waals surface area contributed by atoms with Crippen LogP contribution in [0.1, 0.15) is 49.2 Å². The number of pyridine rings is 1. The fourth-order valence-corrected chi connectivity index (χ4v) is 4.72. The van der Waals surface area contributed by atoms with Gasteiger partial charge in [0.25, 0.3) is 5.91 Å². The van der Waals surface area contributed by atoms with E-state index in [0.29, 0.717) is 17.1 Å². The van der Waals surface area contributed by atoms with Crippen molar-refractivity contribution in [2.75, 3.05) is 10.6 Å². The molecule has 0 aliphatic heterocycles. The summed E-state index contributed by atoms with van der Waals surface area (Å²) < 4.78 is 0.